The van der Waals surface area contributed by atoms with Crippen molar-refractivity contribution in [2.45, 2.75) is 32.2 Å². The number of benzene rings is 1. The molecule has 1 amide bonds. The lowest BCUT2D eigenvalue weighted by Gasteiger charge is -2.18. The number of aryl methyl sites for hydroxylation is 1. The third kappa shape index (κ3) is 3.65. The van der Waals surface area contributed by atoms with E-state index in [-0.39, 0.29) is 17.7 Å². The number of hydrogen-bond donors (Lipinski definition) is 2. The molecule has 1 aromatic carbocycles. The second kappa shape index (κ2) is 6.96. The number of carbonyl (C=O) groups excluding carboxylic acids is 1. The predicted molar refractivity (Wildman–Crippen MR) is 86.1 cm³/mol. The Bertz CT molecular complexity index is 814. The Morgan fingerprint density at radius 2 is 2.20 bits per heavy atom. The van der Waals surface area contributed by atoms with E-state index in [1.807, 2.05) is 0 Å². The molecule has 0 spiro atoms. The first-order chi connectivity index (χ1) is 12.0. The topological polar surface area (TPSA) is 88.8 Å². The third-order valence-electron chi connectivity index (χ3n) is 4.14. The van der Waals surface area contributed by atoms with Crippen molar-refractivity contribution in [2.24, 2.45) is 0 Å². The first-order valence-corrected chi connectivity index (χ1v) is 7.97. The minimum Gasteiger partial charge on any atom is -0.493 e. The van der Waals surface area contributed by atoms with Crippen molar-refractivity contribution in [3.8, 4) is 5.75 Å². The van der Waals surface area contributed by atoms with Crippen molar-refractivity contribution < 1.29 is 28.2 Å². The molecule has 0 bridgehead atoms. The summed E-state index contributed by atoms with van der Waals surface area (Å²) in [5.74, 6) is -1.29. The van der Waals surface area contributed by atoms with Crippen LogP contribution in [0.1, 0.15) is 46.1 Å². The summed E-state index contributed by atoms with van der Waals surface area (Å²) in [4.78, 5) is 23.6. The SMILES string of the molecule is Cc1coc(CC(=O)O)c1C(=O)NC1CCCOc2ccc(F)cc21. The van der Waals surface area contributed by atoms with Crippen LogP contribution >= 0.6 is 0 Å². The lowest BCUT2D eigenvalue weighted by atomic mass is 10.0. The Kier molecular flexibility index (Phi) is 4.74. The summed E-state index contributed by atoms with van der Waals surface area (Å²) < 4.78 is 24.4. The van der Waals surface area contributed by atoms with Gasteiger partial charge in [-0.3, -0.25) is 9.59 Å². The predicted octanol–water partition coefficient (Wildman–Crippen LogP) is 3.00. The molecule has 1 atom stereocenters. The molecule has 1 aliphatic rings. The molecule has 7 heteroatoms. The summed E-state index contributed by atoms with van der Waals surface area (Å²) in [7, 11) is 0. The molecule has 0 radical (unpaired) electrons. The molecule has 1 aromatic heterocycles. The maximum Gasteiger partial charge on any atom is 0.311 e. The number of ether oxygens (including phenoxy) is 1. The number of furan rings is 1. The van der Waals surface area contributed by atoms with Crippen LogP contribution in [0.5, 0.6) is 5.75 Å². The van der Waals surface area contributed by atoms with Crippen LogP contribution in [0.3, 0.4) is 0 Å². The molecular formula is C18H18FNO5. The Hall–Kier alpha value is -2.83. The molecule has 2 heterocycles. The summed E-state index contributed by atoms with van der Waals surface area (Å²) in [6.07, 6.45) is 2.27. The van der Waals surface area contributed by atoms with Gasteiger partial charge < -0.3 is 19.6 Å². The number of rotatable bonds is 4. The smallest absolute Gasteiger partial charge is 0.311 e. The highest BCUT2D eigenvalue weighted by molar-refractivity contribution is 5.97. The maximum atomic E-state index is 13.6. The largest absolute Gasteiger partial charge is 0.493 e. The van der Waals surface area contributed by atoms with Gasteiger partial charge >= 0.3 is 5.97 Å². The molecule has 2 aromatic rings. The Labute approximate surface area is 143 Å². The van der Waals surface area contributed by atoms with Gasteiger partial charge in [0.1, 0.15) is 23.7 Å². The lowest BCUT2D eigenvalue weighted by Crippen LogP contribution is -2.29. The molecule has 1 unspecified atom stereocenters. The summed E-state index contributed by atoms with van der Waals surface area (Å²) in [5, 5.41) is 11.8. The van der Waals surface area contributed by atoms with Crippen molar-refractivity contribution in [3.63, 3.8) is 0 Å². The van der Waals surface area contributed by atoms with Crippen LogP contribution in [-0.2, 0) is 11.2 Å². The molecule has 0 aliphatic carbocycles. The lowest BCUT2D eigenvalue weighted by molar-refractivity contribution is -0.136. The van der Waals surface area contributed by atoms with Gasteiger partial charge in [-0.25, -0.2) is 4.39 Å². The first kappa shape index (κ1) is 17.0. The van der Waals surface area contributed by atoms with Crippen molar-refractivity contribution >= 4 is 11.9 Å². The van der Waals surface area contributed by atoms with Crippen LogP contribution in [0.2, 0.25) is 0 Å². The molecule has 0 saturated carbocycles. The van der Waals surface area contributed by atoms with Gasteiger partial charge in [-0.1, -0.05) is 0 Å². The van der Waals surface area contributed by atoms with Crippen LogP contribution in [0, 0.1) is 12.7 Å². The van der Waals surface area contributed by atoms with Gasteiger partial charge in [-0.05, 0) is 38.0 Å². The van der Waals surface area contributed by atoms with Gasteiger partial charge in [0.05, 0.1) is 24.5 Å². The van der Waals surface area contributed by atoms with E-state index in [9.17, 15) is 14.0 Å². The average molecular weight is 347 g/mol. The van der Waals surface area contributed by atoms with Gasteiger partial charge in [0.15, 0.2) is 0 Å². The number of hydrogen-bond acceptors (Lipinski definition) is 4. The number of nitrogens with one attached hydrogen (secondary N) is 1. The van der Waals surface area contributed by atoms with Gasteiger partial charge in [-0.15, -0.1) is 0 Å². The normalized spacial score (nSPS) is 16.5. The molecule has 0 fully saturated rings. The second-order valence-electron chi connectivity index (χ2n) is 5.99. The highest BCUT2D eigenvalue weighted by atomic mass is 19.1. The van der Waals surface area contributed by atoms with Crippen molar-refractivity contribution in [2.75, 3.05) is 6.61 Å². The van der Waals surface area contributed by atoms with E-state index in [1.165, 1.54) is 18.4 Å². The molecule has 3 rings (SSSR count). The summed E-state index contributed by atoms with van der Waals surface area (Å²) in [6, 6.07) is 3.79. The van der Waals surface area contributed by atoms with Gasteiger partial charge in [0.2, 0.25) is 0 Å². The number of halogens is 1. The highest BCUT2D eigenvalue weighted by Gasteiger charge is 2.26. The van der Waals surface area contributed by atoms with E-state index in [0.717, 1.165) is 0 Å². The van der Waals surface area contributed by atoms with Crippen molar-refractivity contribution in [1.82, 2.24) is 5.32 Å². The molecular weight excluding hydrogens is 329 g/mol. The Balaban J connectivity index is 1.88. The molecule has 25 heavy (non-hydrogen) atoms. The zero-order chi connectivity index (χ0) is 18.0. The second-order valence-corrected chi connectivity index (χ2v) is 5.99. The number of fused-ring (bicyclic) bond motifs is 1. The quantitative estimate of drug-likeness (QED) is 0.887. The van der Waals surface area contributed by atoms with Gasteiger partial charge in [0.25, 0.3) is 5.91 Å². The zero-order valence-electron chi connectivity index (χ0n) is 13.7. The molecule has 6 nitrogen and oxygen atoms in total. The molecule has 1 aliphatic heterocycles. The highest BCUT2D eigenvalue weighted by Crippen LogP contribution is 2.32. The fourth-order valence-corrected chi connectivity index (χ4v) is 3.00. The van der Waals surface area contributed by atoms with E-state index in [1.54, 1.807) is 13.0 Å². The first-order valence-electron chi connectivity index (χ1n) is 7.97. The van der Waals surface area contributed by atoms with Crippen LogP contribution in [0.4, 0.5) is 4.39 Å². The molecule has 0 saturated heterocycles. The van der Waals surface area contributed by atoms with E-state index in [0.29, 0.717) is 36.3 Å². The number of amides is 1. The fraction of sp³-hybridized carbons (Fsp3) is 0.333. The van der Waals surface area contributed by atoms with E-state index >= 15 is 0 Å². The minimum atomic E-state index is -1.08. The number of aliphatic carboxylic acids is 1. The third-order valence-corrected chi connectivity index (χ3v) is 4.14. The Morgan fingerprint density at radius 1 is 1.40 bits per heavy atom. The van der Waals surface area contributed by atoms with E-state index in [2.05, 4.69) is 5.32 Å². The summed E-state index contributed by atoms with van der Waals surface area (Å²) in [6.45, 7) is 2.16. The van der Waals surface area contributed by atoms with Crippen molar-refractivity contribution in [1.29, 1.82) is 0 Å². The van der Waals surface area contributed by atoms with Crippen LogP contribution < -0.4 is 10.1 Å². The van der Waals surface area contributed by atoms with E-state index < -0.39 is 23.7 Å². The monoisotopic (exact) mass is 347 g/mol. The number of carboxylic acids is 1. The molecule has 132 valence electrons. The standard InChI is InChI=1S/C18H18FNO5/c1-10-9-25-15(8-16(21)22)17(10)18(23)20-13-3-2-6-24-14-5-4-11(19)7-12(13)14/h4-5,7,9,13H,2-3,6,8H2,1H3,(H,20,23)(H,21,22). The number of carboxylic acid groups (broad SMARTS) is 1. The summed E-state index contributed by atoms with van der Waals surface area (Å²) in [5.41, 5.74) is 1.34. The fourth-order valence-electron chi connectivity index (χ4n) is 3.00. The Morgan fingerprint density at radius 3 is 2.96 bits per heavy atom. The van der Waals surface area contributed by atoms with Crippen LogP contribution in [0.15, 0.2) is 28.9 Å². The minimum absolute atomic E-state index is 0.104. The van der Waals surface area contributed by atoms with Crippen LogP contribution in [-0.4, -0.2) is 23.6 Å². The average Bonchev–Trinajstić information content (AvgIpc) is 2.79. The van der Waals surface area contributed by atoms with Crippen molar-refractivity contribution in [3.05, 3.63) is 52.7 Å². The molecule has 2 N–H and O–H groups in total. The maximum absolute atomic E-state index is 13.6. The van der Waals surface area contributed by atoms with E-state index in [4.69, 9.17) is 14.3 Å². The number of carbonyl (C=O) groups is 2. The zero-order valence-corrected chi connectivity index (χ0v) is 13.7. The summed E-state index contributed by atoms with van der Waals surface area (Å²) >= 11 is 0. The van der Waals surface area contributed by atoms with Gasteiger partial charge in [0, 0.05) is 11.1 Å². The van der Waals surface area contributed by atoms with Gasteiger partial charge in [-0.2, -0.15) is 0 Å². The van der Waals surface area contributed by atoms with Crippen LogP contribution in [0.25, 0.3) is 0 Å².